The number of nitrogens with one attached hydrogen (secondary N) is 1. The molecule has 4 atom stereocenters. The fourth-order valence-electron chi connectivity index (χ4n) is 8.04. The van der Waals surface area contributed by atoms with Crippen LogP contribution in [0.1, 0.15) is 114 Å². The van der Waals surface area contributed by atoms with Crippen molar-refractivity contribution in [2.45, 2.75) is 116 Å². The van der Waals surface area contributed by atoms with E-state index in [-0.39, 0.29) is 47.4 Å². The summed E-state index contributed by atoms with van der Waals surface area (Å²) in [5.41, 5.74) is 4.05. The number of rotatable bonds is 7. The van der Waals surface area contributed by atoms with Gasteiger partial charge in [-0.3, -0.25) is 9.59 Å². The van der Waals surface area contributed by atoms with Crippen molar-refractivity contribution in [1.29, 1.82) is 0 Å². The summed E-state index contributed by atoms with van der Waals surface area (Å²) in [7, 11) is 0. The highest BCUT2D eigenvalue weighted by Gasteiger charge is 2.60. The van der Waals surface area contributed by atoms with Gasteiger partial charge in [-0.05, 0) is 84.3 Å². The molecule has 0 radical (unpaired) electrons. The van der Waals surface area contributed by atoms with Crippen LogP contribution in [0.25, 0.3) is 0 Å². The molecule has 10 heteroatoms. The molecule has 4 N–H and O–H groups in total. The molecule has 1 saturated heterocycles. The van der Waals surface area contributed by atoms with Crippen LogP contribution in [0, 0.1) is 29.5 Å². The summed E-state index contributed by atoms with van der Waals surface area (Å²) in [5, 5.41) is 12.9. The van der Waals surface area contributed by atoms with E-state index in [2.05, 4.69) is 5.32 Å². The van der Waals surface area contributed by atoms with E-state index in [1.165, 1.54) is 18.2 Å². The van der Waals surface area contributed by atoms with Crippen molar-refractivity contribution >= 4 is 23.9 Å². The van der Waals surface area contributed by atoms with Crippen LogP contribution in [0.2, 0.25) is 0 Å². The molecule has 2 saturated carbocycles. The minimum Gasteiger partial charge on any atom is -0.478 e. The van der Waals surface area contributed by atoms with Crippen molar-refractivity contribution in [3.63, 3.8) is 0 Å². The zero-order valence-corrected chi connectivity index (χ0v) is 26.2. The first-order valence-corrected chi connectivity index (χ1v) is 15.8. The van der Waals surface area contributed by atoms with Crippen LogP contribution in [-0.2, 0) is 14.3 Å². The van der Waals surface area contributed by atoms with Gasteiger partial charge in [-0.25, -0.2) is 14.0 Å². The van der Waals surface area contributed by atoms with E-state index in [0.717, 1.165) is 32.1 Å². The standard InChI is InChI=1S/C33H48FN3O6/c1-19(36-31(42)43-32(2,3)4)20-14-16-22(17-15-20)28(38)37-18-24(26-23(29(39)40)12-9-13-25(26)34)27(33(37,5)30(35)41)21-10-7-6-8-11-21/h9,12-13,19-22,24,27H,6-8,10-11,14-18H2,1-5H3,(H2,35,41)(H,36,42)(H,39,40)/t19?,20-,22-,24?,27-,33-/m0/s1. The van der Waals surface area contributed by atoms with Gasteiger partial charge in [0.2, 0.25) is 11.8 Å². The number of nitrogens with zero attached hydrogens (tertiary/aromatic N) is 1. The summed E-state index contributed by atoms with van der Waals surface area (Å²) in [6, 6.07) is 3.88. The number of hydrogen-bond acceptors (Lipinski definition) is 5. The number of likely N-dealkylation sites (tertiary alicyclic amines) is 1. The molecule has 0 spiro atoms. The minimum absolute atomic E-state index is 0.00538. The van der Waals surface area contributed by atoms with Crippen LogP contribution in [0.5, 0.6) is 0 Å². The summed E-state index contributed by atoms with van der Waals surface area (Å²) in [6.07, 6.45) is 6.71. The van der Waals surface area contributed by atoms with E-state index >= 15 is 4.39 Å². The van der Waals surface area contributed by atoms with E-state index in [1.54, 1.807) is 11.8 Å². The van der Waals surface area contributed by atoms with Crippen LogP contribution in [0.15, 0.2) is 18.2 Å². The fraction of sp³-hybridized carbons (Fsp3) is 0.697. The molecule has 4 rings (SSSR count). The smallest absolute Gasteiger partial charge is 0.407 e. The Balaban J connectivity index is 1.59. The summed E-state index contributed by atoms with van der Waals surface area (Å²) >= 11 is 0. The molecule has 0 aromatic heterocycles. The van der Waals surface area contributed by atoms with Gasteiger partial charge >= 0.3 is 12.1 Å². The minimum atomic E-state index is -1.38. The SMILES string of the molecule is CC(NC(=O)OC(C)(C)C)[C@H]1CC[C@H](C(=O)N2CC(c3c(F)cccc3C(=O)O)[C@H](C3CCCCC3)[C@@]2(C)C(N)=O)CC1. The van der Waals surface area contributed by atoms with E-state index in [0.29, 0.717) is 25.7 Å². The van der Waals surface area contributed by atoms with Crippen LogP contribution >= 0.6 is 0 Å². The van der Waals surface area contributed by atoms with E-state index < -0.39 is 46.8 Å². The second-order valence-electron chi connectivity index (χ2n) is 14.0. The molecule has 1 aromatic rings. The number of amides is 3. The van der Waals surface area contributed by atoms with Gasteiger partial charge in [-0.2, -0.15) is 0 Å². The largest absolute Gasteiger partial charge is 0.478 e. The van der Waals surface area contributed by atoms with Gasteiger partial charge in [0.25, 0.3) is 0 Å². The molecule has 9 nitrogen and oxygen atoms in total. The Morgan fingerprint density at radius 2 is 1.70 bits per heavy atom. The number of nitrogens with two attached hydrogens (primary N) is 1. The fourth-order valence-corrected chi connectivity index (χ4v) is 8.04. The van der Waals surface area contributed by atoms with Crippen LogP contribution in [0.3, 0.4) is 0 Å². The lowest BCUT2D eigenvalue weighted by atomic mass is 9.65. The number of carboxylic acid groups (broad SMARTS) is 1. The second kappa shape index (κ2) is 12.8. The van der Waals surface area contributed by atoms with Crippen molar-refractivity contribution in [2.75, 3.05) is 6.54 Å². The third kappa shape index (κ3) is 6.83. The van der Waals surface area contributed by atoms with Gasteiger partial charge < -0.3 is 25.8 Å². The second-order valence-corrected chi connectivity index (χ2v) is 14.0. The molecule has 2 aliphatic carbocycles. The number of carboxylic acids is 1. The van der Waals surface area contributed by atoms with Gasteiger partial charge in [0.1, 0.15) is 17.0 Å². The maximum absolute atomic E-state index is 15.5. The molecule has 238 valence electrons. The van der Waals surface area contributed by atoms with Crippen LogP contribution in [-0.4, -0.2) is 57.6 Å². The van der Waals surface area contributed by atoms with Crippen molar-refractivity contribution in [1.82, 2.24) is 10.2 Å². The molecule has 3 aliphatic rings. The molecule has 3 fully saturated rings. The number of ether oxygens (including phenoxy) is 1. The van der Waals surface area contributed by atoms with Gasteiger partial charge in [0.05, 0.1) is 5.56 Å². The molecule has 0 bridgehead atoms. The zero-order chi connectivity index (χ0) is 31.7. The molecular formula is C33H48FN3O6. The Hall–Kier alpha value is -3.17. The zero-order valence-electron chi connectivity index (χ0n) is 26.2. The summed E-state index contributed by atoms with van der Waals surface area (Å²) in [4.78, 5) is 53.7. The normalized spacial score (nSPS) is 29.1. The average Bonchev–Trinajstić information content (AvgIpc) is 3.25. The Bertz CT molecular complexity index is 1220. The molecule has 1 aromatic carbocycles. The van der Waals surface area contributed by atoms with E-state index in [1.807, 2.05) is 27.7 Å². The predicted octanol–water partition coefficient (Wildman–Crippen LogP) is 5.61. The number of benzene rings is 1. The average molecular weight is 602 g/mol. The Kier molecular flexibility index (Phi) is 9.76. The van der Waals surface area contributed by atoms with Gasteiger partial charge in [0.15, 0.2) is 0 Å². The van der Waals surface area contributed by atoms with Crippen molar-refractivity contribution in [3.05, 3.63) is 35.1 Å². The monoisotopic (exact) mass is 601 g/mol. The lowest BCUT2D eigenvalue weighted by Crippen LogP contribution is -2.60. The number of carbonyl (C=O) groups excluding carboxylic acids is 3. The summed E-state index contributed by atoms with van der Waals surface area (Å²) < 4.78 is 20.9. The molecule has 43 heavy (non-hydrogen) atoms. The highest BCUT2D eigenvalue weighted by atomic mass is 19.1. The molecule has 2 unspecified atom stereocenters. The first kappa shape index (κ1) is 32.7. The van der Waals surface area contributed by atoms with E-state index in [9.17, 15) is 24.3 Å². The van der Waals surface area contributed by atoms with E-state index in [4.69, 9.17) is 10.5 Å². The molecule has 1 heterocycles. The summed E-state index contributed by atoms with van der Waals surface area (Å²) in [6.45, 7) is 9.11. The quantitative estimate of drug-likeness (QED) is 0.371. The topological polar surface area (TPSA) is 139 Å². The number of hydrogen-bond donors (Lipinski definition) is 3. The van der Waals surface area contributed by atoms with Crippen LogP contribution in [0.4, 0.5) is 9.18 Å². The number of alkyl carbamates (subject to hydrolysis) is 1. The molecule has 3 amide bonds. The maximum Gasteiger partial charge on any atom is 0.407 e. The molecular weight excluding hydrogens is 553 g/mol. The van der Waals surface area contributed by atoms with Crippen molar-refractivity contribution in [3.8, 4) is 0 Å². The maximum atomic E-state index is 15.5. The lowest BCUT2D eigenvalue weighted by Gasteiger charge is -2.43. The van der Waals surface area contributed by atoms with Gasteiger partial charge in [0, 0.05) is 35.9 Å². The highest BCUT2D eigenvalue weighted by molar-refractivity contribution is 5.93. The number of primary amides is 1. The highest BCUT2D eigenvalue weighted by Crippen LogP contribution is 2.53. The number of carbonyl (C=O) groups is 4. The third-order valence-electron chi connectivity index (χ3n) is 10.2. The number of aromatic carboxylic acids is 1. The third-order valence-corrected chi connectivity index (χ3v) is 10.2. The Morgan fingerprint density at radius 1 is 1.07 bits per heavy atom. The van der Waals surface area contributed by atoms with Gasteiger partial charge in [-0.1, -0.05) is 38.2 Å². The Labute approximate surface area is 254 Å². The van der Waals surface area contributed by atoms with Crippen molar-refractivity contribution < 1.29 is 33.4 Å². The first-order chi connectivity index (χ1) is 20.1. The van der Waals surface area contributed by atoms with Gasteiger partial charge in [-0.15, -0.1) is 0 Å². The lowest BCUT2D eigenvalue weighted by molar-refractivity contribution is -0.149. The Morgan fingerprint density at radius 3 is 2.26 bits per heavy atom. The first-order valence-electron chi connectivity index (χ1n) is 15.8. The molecule has 1 aliphatic heterocycles. The van der Waals surface area contributed by atoms with Crippen molar-refractivity contribution in [2.24, 2.45) is 29.4 Å². The summed E-state index contributed by atoms with van der Waals surface area (Å²) in [5.74, 6) is -4.07. The number of halogens is 1. The predicted molar refractivity (Wildman–Crippen MR) is 160 cm³/mol. The van der Waals surface area contributed by atoms with Crippen LogP contribution < -0.4 is 11.1 Å².